The van der Waals surface area contributed by atoms with Crippen molar-refractivity contribution in [3.63, 3.8) is 0 Å². The number of nitrogens with zero attached hydrogens (tertiary/aromatic N) is 5. The van der Waals surface area contributed by atoms with Gasteiger partial charge in [0.15, 0.2) is 11.4 Å². The lowest BCUT2D eigenvalue weighted by Gasteiger charge is -2.25. The van der Waals surface area contributed by atoms with Crippen LogP contribution in [0.1, 0.15) is 20.9 Å². The van der Waals surface area contributed by atoms with Gasteiger partial charge >= 0.3 is 0 Å². The summed E-state index contributed by atoms with van der Waals surface area (Å²) in [5, 5.41) is 24.7. The molecule has 8 nitrogen and oxygen atoms in total. The smallest absolute Gasteiger partial charge is 0.280 e. The SMILES string of the molecule is CN1CCn2c(c(O)c3c(=O)n(Cc4ccc(F)c(Cl)c4)nc(-c4ccc(C#N)s4)c32)C1=O. The Morgan fingerprint density at radius 3 is 2.76 bits per heavy atom. The second-order valence-corrected chi connectivity index (χ2v) is 9.13. The largest absolute Gasteiger partial charge is 0.505 e. The molecule has 0 spiro atoms. The van der Waals surface area contributed by atoms with E-state index in [9.17, 15) is 24.3 Å². The molecule has 4 aromatic rings. The highest BCUT2D eigenvalue weighted by Gasteiger charge is 2.33. The number of aromatic nitrogens is 3. The maximum absolute atomic E-state index is 13.6. The van der Waals surface area contributed by atoms with E-state index in [1.165, 1.54) is 34.4 Å². The molecule has 166 valence electrons. The highest BCUT2D eigenvalue weighted by molar-refractivity contribution is 7.16. The van der Waals surface area contributed by atoms with Crippen LogP contribution in [0.3, 0.4) is 0 Å². The van der Waals surface area contributed by atoms with Gasteiger partial charge in [-0.25, -0.2) is 9.07 Å². The third kappa shape index (κ3) is 3.28. The van der Waals surface area contributed by atoms with Gasteiger partial charge in [-0.05, 0) is 29.8 Å². The molecule has 0 bridgehead atoms. The summed E-state index contributed by atoms with van der Waals surface area (Å²) in [5.74, 6) is -1.39. The quantitative estimate of drug-likeness (QED) is 0.480. The Hall–Kier alpha value is -3.68. The second-order valence-electron chi connectivity index (χ2n) is 7.63. The van der Waals surface area contributed by atoms with Crippen molar-refractivity contribution in [2.24, 2.45) is 0 Å². The highest BCUT2D eigenvalue weighted by atomic mass is 35.5. The molecule has 0 radical (unpaired) electrons. The molecule has 11 heteroatoms. The normalized spacial score (nSPS) is 13.4. The summed E-state index contributed by atoms with van der Waals surface area (Å²) in [6, 6.07) is 9.51. The molecule has 0 saturated carbocycles. The van der Waals surface area contributed by atoms with E-state index in [1.807, 2.05) is 0 Å². The minimum atomic E-state index is -0.596. The molecule has 4 heterocycles. The highest BCUT2D eigenvalue weighted by Crippen LogP contribution is 2.39. The molecule has 0 atom stereocenters. The standard InChI is InChI=1S/C22H15ClFN5O3S/c1-27-6-7-28-18-16(20(30)19(28)22(27)32)21(31)29(10-11-2-4-14(24)13(23)8-11)26-17(18)15-5-3-12(9-25)33-15/h2-5,8,30H,6-7,10H2,1H3. The van der Waals surface area contributed by atoms with Gasteiger partial charge in [-0.1, -0.05) is 17.7 Å². The lowest BCUT2D eigenvalue weighted by molar-refractivity contribution is 0.0747. The second kappa shape index (κ2) is 7.72. The first-order chi connectivity index (χ1) is 15.8. The zero-order chi connectivity index (χ0) is 23.4. The number of benzene rings is 1. The summed E-state index contributed by atoms with van der Waals surface area (Å²) in [6.45, 7) is 0.739. The van der Waals surface area contributed by atoms with Gasteiger partial charge in [0, 0.05) is 20.1 Å². The summed E-state index contributed by atoms with van der Waals surface area (Å²) in [4.78, 5) is 28.7. The van der Waals surface area contributed by atoms with Crippen LogP contribution in [0.4, 0.5) is 4.39 Å². The first-order valence-corrected chi connectivity index (χ1v) is 11.1. The van der Waals surface area contributed by atoms with Gasteiger partial charge in [0.1, 0.15) is 27.8 Å². The lowest BCUT2D eigenvalue weighted by Crippen LogP contribution is -2.37. The number of aromatic hydroxyl groups is 1. The summed E-state index contributed by atoms with van der Waals surface area (Å²) >= 11 is 7.07. The fourth-order valence-electron chi connectivity index (χ4n) is 3.98. The number of rotatable bonds is 3. The third-order valence-corrected chi connectivity index (χ3v) is 6.89. The van der Waals surface area contributed by atoms with Gasteiger partial charge in [-0.2, -0.15) is 10.4 Å². The Morgan fingerprint density at radius 2 is 2.06 bits per heavy atom. The van der Waals surface area contributed by atoms with Crippen molar-refractivity contribution < 1.29 is 14.3 Å². The summed E-state index contributed by atoms with van der Waals surface area (Å²) in [7, 11) is 1.62. The van der Waals surface area contributed by atoms with Gasteiger partial charge in [-0.3, -0.25) is 9.59 Å². The average Bonchev–Trinajstić information content (AvgIpc) is 3.39. The van der Waals surface area contributed by atoms with Crippen LogP contribution in [0, 0.1) is 17.1 Å². The summed E-state index contributed by atoms with van der Waals surface area (Å²) < 4.78 is 16.3. The molecule has 1 aliphatic rings. The van der Waals surface area contributed by atoms with Gasteiger partial charge < -0.3 is 14.6 Å². The summed E-state index contributed by atoms with van der Waals surface area (Å²) in [6.07, 6.45) is 0. The molecule has 5 rings (SSSR count). The number of thiophene rings is 1. The van der Waals surface area contributed by atoms with Crippen molar-refractivity contribution in [3.05, 3.63) is 67.7 Å². The third-order valence-electron chi connectivity index (χ3n) is 5.61. The van der Waals surface area contributed by atoms with Crippen LogP contribution in [-0.4, -0.2) is 43.9 Å². The van der Waals surface area contributed by atoms with Crippen LogP contribution in [0.2, 0.25) is 5.02 Å². The van der Waals surface area contributed by atoms with E-state index < -0.39 is 23.0 Å². The van der Waals surface area contributed by atoms with E-state index in [0.29, 0.717) is 39.6 Å². The number of amides is 1. The minimum absolute atomic E-state index is 0.0264. The molecule has 0 aliphatic carbocycles. The monoisotopic (exact) mass is 483 g/mol. The van der Waals surface area contributed by atoms with Crippen molar-refractivity contribution in [2.75, 3.05) is 13.6 Å². The van der Waals surface area contributed by atoms with E-state index >= 15 is 0 Å². The maximum atomic E-state index is 13.6. The number of carbonyl (C=O) groups is 1. The van der Waals surface area contributed by atoms with Crippen molar-refractivity contribution in [2.45, 2.75) is 13.1 Å². The predicted molar refractivity (Wildman–Crippen MR) is 121 cm³/mol. The van der Waals surface area contributed by atoms with Crippen molar-refractivity contribution in [1.29, 1.82) is 5.26 Å². The van der Waals surface area contributed by atoms with Crippen molar-refractivity contribution >= 4 is 39.7 Å². The molecule has 1 aromatic carbocycles. The van der Waals surface area contributed by atoms with Crippen molar-refractivity contribution in [1.82, 2.24) is 19.2 Å². The fraction of sp³-hybridized carbons (Fsp3) is 0.182. The fourth-order valence-corrected chi connectivity index (χ4v) is 4.97. The Kier molecular flexibility index (Phi) is 4.96. The molecule has 0 saturated heterocycles. The first kappa shape index (κ1) is 21.2. The number of halogens is 2. The van der Waals surface area contributed by atoms with E-state index in [0.717, 1.165) is 4.68 Å². The van der Waals surface area contributed by atoms with E-state index in [4.69, 9.17) is 11.6 Å². The Balaban J connectivity index is 1.81. The molecular weight excluding hydrogens is 469 g/mol. The van der Waals surface area contributed by atoms with Crippen LogP contribution in [0.15, 0.2) is 35.1 Å². The van der Waals surface area contributed by atoms with Gasteiger partial charge in [0.25, 0.3) is 11.5 Å². The van der Waals surface area contributed by atoms with E-state index in [-0.39, 0.29) is 22.6 Å². The Labute approximate surface area is 195 Å². The maximum Gasteiger partial charge on any atom is 0.280 e. The van der Waals surface area contributed by atoms with Gasteiger partial charge in [0.2, 0.25) is 0 Å². The molecule has 0 unspecified atom stereocenters. The van der Waals surface area contributed by atoms with Crippen LogP contribution in [0.5, 0.6) is 5.75 Å². The lowest BCUT2D eigenvalue weighted by atomic mass is 10.2. The number of fused-ring (bicyclic) bond motifs is 3. The molecule has 1 amide bonds. The number of nitriles is 1. The van der Waals surface area contributed by atoms with Crippen LogP contribution < -0.4 is 5.56 Å². The number of hydrogen-bond donors (Lipinski definition) is 1. The Morgan fingerprint density at radius 1 is 1.27 bits per heavy atom. The number of likely N-dealkylation sites (N-methyl/N-ethyl adjacent to an activating group) is 1. The topological polar surface area (TPSA) is 104 Å². The zero-order valence-corrected chi connectivity index (χ0v) is 18.7. The predicted octanol–water partition coefficient (Wildman–Crippen LogP) is 3.43. The van der Waals surface area contributed by atoms with Gasteiger partial charge in [-0.15, -0.1) is 11.3 Å². The van der Waals surface area contributed by atoms with Crippen LogP contribution in [0.25, 0.3) is 21.5 Å². The van der Waals surface area contributed by atoms with E-state index in [1.54, 1.807) is 23.7 Å². The first-order valence-electron chi connectivity index (χ1n) is 9.86. The minimum Gasteiger partial charge on any atom is -0.505 e. The van der Waals surface area contributed by atoms with E-state index in [2.05, 4.69) is 11.2 Å². The molecule has 33 heavy (non-hydrogen) atoms. The molecule has 3 aromatic heterocycles. The average molecular weight is 484 g/mol. The molecule has 0 fully saturated rings. The van der Waals surface area contributed by atoms with Crippen LogP contribution >= 0.6 is 22.9 Å². The molecule has 1 N–H and O–H groups in total. The van der Waals surface area contributed by atoms with Crippen LogP contribution in [-0.2, 0) is 13.1 Å². The molecule has 1 aliphatic heterocycles. The Bertz CT molecular complexity index is 1560. The van der Waals surface area contributed by atoms with Crippen molar-refractivity contribution in [3.8, 4) is 22.4 Å². The molecular formula is C22H15ClFN5O3S. The number of hydrogen-bond acceptors (Lipinski definition) is 6. The summed E-state index contributed by atoms with van der Waals surface area (Å²) in [5.41, 5.74) is 0.668. The number of carbonyl (C=O) groups excluding carboxylic acids is 1. The zero-order valence-electron chi connectivity index (χ0n) is 17.2. The van der Waals surface area contributed by atoms with Gasteiger partial charge in [0.05, 0.1) is 22.0 Å².